The van der Waals surface area contributed by atoms with E-state index in [0.29, 0.717) is 6.29 Å². The number of rotatable bonds is 3. The topological polar surface area (TPSA) is 77.2 Å². The van der Waals surface area contributed by atoms with Crippen molar-refractivity contribution >= 4 is 27.7 Å². The van der Waals surface area contributed by atoms with Crippen molar-refractivity contribution in [3.8, 4) is 11.3 Å². The molecule has 0 aliphatic carbocycles. The van der Waals surface area contributed by atoms with Crippen LogP contribution in [0.4, 0.5) is 0 Å². The van der Waals surface area contributed by atoms with E-state index in [0.717, 1.165) is 12.6 Å². The molecule has 1 aromatic carbocycles. The number of halogens is 1. The van der Waals surface area contributed by atoms with Crippen LogP contribution in [0.1, 0.15) is 10.4 Å². The fourth-order valence-electron chi connectivity index (χ4n) is 1.54. The molecule has 0 bridgehead atoms. The number of aldehydes is 1. The standard InChI is InChI=1S/C11H8ClNO4S/c1-18(15,16)9-3-2-7(5-14)11(12)10(9)8-4-13-6-17-8/h2-6H,1H3. The Morgan fingerprint density at radius 3 is 2.61 bits per heavy atom. The molecule has 0 spiro atoms. The molecule has 5 nitrogen and oxygen atoms in total. The van der Waals surface area contributed by atoms with Crippen molar-refractivity contribution < 1.29 is 17.6 Å². The lowest BCUT2D eigenvalue weighted by Gasteiger charge is -2.09. The summed E-state index contributed by atoms with van der Waals surface area (Å²) in [6, 6.07) is 2.67. The Bertz CT molecular complexity index is 692. The van der Waals surface area contributed by atoms with Crippen LogP contribution in [0.2, 0.25) is 5.02 Å². The van der Waals surface area contributed by atoms with E-state index in [2.05, 4.69) is 4.98 Å². The third-order valence-corrected chi connectivity index (χ3v) is 3.89. The molecule has 0 fully saturated rings. The van der Waals surface area contributed by atoms with Crippen LogP contribution >= 0.6 is 11.6 Å². The molecule has 0 aliphatic rings. The van der Waals surface area contributed by atoms with Gasteiger partial charge in [0.2, 0.25) is 0 Å². The summed E-state index contributed by atoms with van der Waals surface area (Å²) in [7, 11) is -3.50. The Kier molecular flexibility index (Phi) is 3.23. The van der Waals surface area contributed by atoms with E-state index < -0.39 is 9.84 Å². The molecular weight excluding hydrogens is 278 g/mol. The van der Waals surface area contributed by atoms with Gasteiger partial charge in [0.25, 0.3) is 0 Å². The van der Waals surface area contributed by atoms with Crippen LogP contribution in [0.3, 0.4) is 0 Å². The van der Waals surface area contributed by atoms with Gasteiger partial charge in [-0.15, -0.1) is 0 Å². The Morgan fingerprint density at radius 2 is 2.11 bits per heavy atom. The molecule has 2 aromatic rings. The van der Waals surface area contributed by atoms with Crippen molar-refractivity contribution in [2.75, 3.05) is 6.26 Å². The van der Waals surface area contributed by atoms with Crippen molar-refractivity contribution in [1.29, 1.82) is 0 Å². The maximum Gasteiger partial charge on any atom is 0.181 e. The second-order valence-electron chi connectivity index (χ2n) is 3.60. The first kappa shape index (κ1) is 12.8. The molecule has 0 unspecified atom stereocenters. The first-order valence-electron chi connectivity index (χ1n) is 4.81. The maximum absolute atomic E-state index is 11.7. The summed E-state index contributed by atoms with van der Waals surface area (Å²) in [6.07, 6.45) is 4.10. The number of benzene rings is 1. The molecule has 0 aliphatic heterocycles. The van der Waals surface area contributed by atoms with Gasteiger partial charge in [0.1, 0.15) is 0 Å². The zero-order chi connectivity index (χ0) is 13.3. The predicted octanol–water partition coefficient (Wildman–Crippen LogP) is 2.21. The highest BCUT2D eigenvalue weighted by Gasteiger charge is 2.21. The largest absolute Gasteiger partial charge is 0.443 e. The molecule has 1 heterocycles. The second-order valence-corrected chi connectivity index (χ2v) is 5.96. The van der Waals surface area contributed by atoms with Gasteiger partial charge < -0.3 is 4.42 Å². The Balaban J connectivity index is 2.86. The minimum absolute atomic E-state index is 0.00477. The average molecular weight is 286 g/mol. The van der Waals surface area contributed by atoms with Crippen LogP contribution < -0.4 is 0 Å². The highest BCUT2D eigenvalue weighted by molar-refractivity contribution is 7.90. The van der Waals surface area contributed by atoms with Gasteiger partial charge in [0.15, 0.2) is 28.3 Å². The van der Waals surface area contributed by atoms with Crippen molar-refractivity contribution in [3.63, 3.8) is 0 Å². The van der Waals surface area contributed by atoms with Gasteiger partial charge in [-0.25, -0.2) is 13.4 Å². The van der Waals surface area contributed by atoms with E-state index >= 15 is 0 Å². The molecule has 0 saturated heterocycles. The van der Waals surface area contributed by atoms with E-state index in [1.807, 2.05) is 0 Å². The lowest BCUT2D eigenvalue weighted by molar-refractivity contribution is 0.112. The summed E-state index contributed by atoms with van der Waals surface area (Å²) in [6.45, 7) is 0. The minimum atomic E-state index is -3.50. The van der Waals surface area contributed by atoms with Gasteiger partial charge in [-0.1, -0.05) is 11.6 Å². The molecule has 1 aromatic heterocycles. The summed E-state index contributed by atoms with van der Waals surface area (Å²) >= 11 is 6.03. The third kappa shape index (κ3) is 2.16. The van der Waals surface area contributed by atoms with Crippen LogP contribution in [-0.2, 0) is 9.84 Å². The van der Waals surface area contributed by atoms with E-state index in [4.69, 9.17) is 16.0 Å². The van der Waals surface area contributed by atoms with Crippen LogP contribution in [0.5, 0.6) is 0 Å². The van der Waals surface area contributed by atoms with Gasteiger partial charge in [0.05, 0.1) is 21.7 Å². The van der Waals surface area contributed by atoms with E-state index in [9.17, 15) is 13.2 Å². The Labute approximate surface area is 108 Å². The van der Waals surface area contributed by atoms with Gasteiger partial charge in [-0.3, -0.25) is 4.79 Å². The summed E-state index contributed by atoms with van der Waals surface area (Å²) in [5.74, 6) is 0.198. The molecule has 0 saturated carbocycles. The number of sulfone groups is 1. The van der Waals surface area contributed by atoms with Crippen molar-refractivity contribution in [1.82, 2.24) is 4.98 Å². The van der Waals surface area contributed by atoms with E-state index in [-0.39, 0.29) is 26.8 Å². The summed E-state index contributed by atoms with van der Waals surface area (Å²) in [4.78, 5) is 14.5. The van der Waals surface area contributed by atoms with Crippen LogP contribution in [0, 0.1) is 0 Å². The lowest BCUT2D eigenvalue weighted by Crippen LogP contribution is -2.01. The molecule has 7 heteroatoms. The monoisotopic (exact) mass is 285 g/mol. The number of nitrogens with zero attached hydrogens (tertiary/aromatic N) is 1. The number of hydrogen-bond donors (Lipinski definition) is 0. The molecule has 0 N–H and O–H groups in total. The molecule has 0 amide bonds. The second kappa shape index (κ2) is 4.55. The zero-order valence-corrected chi connectivity index (χ0v) is 10.8. The lowest BCUT2D eigenvalue weighted by atomic mass is 10.1. The molecule has 2 rings (SSSR count). The number of aromatic nitrogens is 1. The molecule has 94 valence electrons. The SMILES string of the molecule is CS(=O)(=O)c1ccc(C=O)c(Cl)c1-c1cnco1. The highest BCUT2D eigenvalue weighted by Crippen LogP contribution is 2.35. The fourth-order valence-corrected chi connectivity index (χ4v) is 2.79. The molecule has 18 heavy (non-hydrogen) atoms. The van der Waals surface area contributed by atoms with Crippen molar-refractivity contribution in [3.05, 3.63) is 35.3 Å². The smallest absolute Gasteiger partial charge is 0.181 e. The normalized spacial score (nSPS) is 11.4. The maximum atomic E-state index is 11.7. The van der Waals surface area contributed by atoms with E-state index in [1.165, 1.54) is 18.3 Å². The third-order valence-electron chi connectivity index (χ3n) is 2.34. The van der Waals surface area contributed by atoms with Crippen LogP contribution in [0.25, 0.3) is 11.3 Å². The number of oxazole rings is 1. The quantitative estimate of drug-likeness (QED) is 0.808. The Morgan fingerprint density at radius 1 is 1.39 bits per heavy atom. The first-order valence-corrected chi connectivity index (χ1v) is 7.08. The van der Waals surface area contributed by atoms with Crippen molar-refractivity contribution in [2.24, 2.45) is 0 Å². The van der Waals surface area contributed by atoms with Gasteiger partial charge in [-0.05, 0) is 12.1 Å². The summed E-state index contributed by atoms with van der Waals surface area (Å²) in [5, 5.41) is 0.0321. The van der Waals surface area contributed by atoms with Crippen LogP contribution in [-0.4, -0.2) is 25.9 Å². The van der Waals surface area contributed by atoms with Gasteiger partial charge in [-0.2, -0.15) is 0 Å². The summed E-state index contributed by atoms with van der Waals surface area (Å²) < 4.78 is 28.4. The number of carbonyl (C=O) groups excluding carboxylic acids is 1. The molecule has 0 atom stereocenters. The highest BCUT2D eigenvalue weighted by atomic mass is 35.5. The summed E-state index contributed by atoms with van der Waals surface area (Å²) in [5.41, 5.74) is 0.344. The Hall–Kier alpha value is -1.66. The fraction of sp³-hybridized carbons (Fsp3) is 0.0909. The zero-order valence-electron chi connectivity index (χ0n) is 9.25. The number of hydrogen-bond acceptors (Lipinski definition) is 5. The first-order chi connectivity index (χ1) is 8.45. The average Bonchev–Trinajstić information content (AvgIpc) is 2.80. The van der Waals surface area contributed by atoms with Gasteiger partial charge in [0, 0.05) is 11.8 Å². The minimum Gasteiger partial charge on any atom is -0.443 e. The van der Waals surface area contributed by atoms with E-state index in [1.54, 1.807) is 0 Å². The van der Waals surface area contributed by atoms with Crippen LogP contribution in [0.15, 0.2) is 34.0 Å². The molecule has 0 radical (unpaired) electrons. The predicted molar refractivity (Wildman–Crippen MR) is 65.4 cm³/mol. The molecular formula is C11H8ClNO4S. The van der Waals surface area contributed by atoms with Crippen molar-refractivity contribution in [2.45, 2.75) is 4.90 Å². The van der Waals surface area contributed by atoms with Gasteiger partial charge >= 0.3 is 0 Å². The number of carbonyl (C=O) groups is 1.